The maximum Gasteiger partial charge on any atom is 0.234 e. The van der Waals surface area contributed by atoms with E-state index in [0.717, 1.165) is 13.0 Å². The van der Waals surface area contributed by atoms with Crippen LogP contribution >= 0.6 is 0 Å². The first kappa shape index (κ1) is 9.52. The lowest BCUT2D eigenvalue weighted by molar-refractivity contribution is -0.123. The zero-order chi connectivity index (χ0) is 9.35. The van der Waals surface area contributed by atoms with Gasteiger partial charge in [-0.25, -0.2) is 0 Å². The molecule has 1 fully saturated rings. The van der Waals surface area contributed by atoms with E-state index in [2.05, 4.69) is 18.7 Å². The predicted molar refractivity (Wildman–Crippen MR) is 48.7 cm³/mol. The Morgan fingerprint density at radius 2 is 2.17 bits per heavy atom. The summed E-state index contributed by atoms with van der Waals surface area (Å²) in [6.45, 7) is 7.21. The molecule has 0 aromatic carbocycles. The fourth-order valence-electron chi connectivity index (χ4n) is 2.00. The van der Waals surface area contributed by atoms with Crippen molar-refractivity contribution in [3.63, 3.8) is 0 Å². The molecule has 0 bridgehead atoms. The average molecular weight is 170 g/mol. The number of amides is 1. The molecule has 1 rings (SSSR count). The number of primary amides is 1. The molecule has 1 heterocycles. The summed E-state index contributed by atoms with van der Waals surface area (Å²) >= 11 is 0. The second-order valence-electron chi connectivity index (χ2n) is 4.19. The molecule has 1 aliphatic rings. The Kier molecular flexibility index (Phi) is 2.42. The van der Waals surface area contributed by atoms with Crippen molar-refractivity contribution in [2.75, 3.05) is 6.54 Å². The number of hydrogen-bond donors (Lipinski definition) is 1. The fraction of sp³-hybridized carbons (Fsp3) is 0.889. The summed E-state index contributed by atoms with van der Waals surface area (Å²) in [5, 5.41) is 0. The lowest BCUT2D eigenvalue weighted by Crippen LogP contribution is -2.49. The van der Waals surface area contributed by atoms with Crippen LogP contribution in [0.3, 0.4) is 0 Å². The molecule has 3 heteroatoms. The van der Waals surface area contributed by atoms with Crippen LogP contribution in [0.25, 0.3) is 0 Å². The molecule has 70 valence electrons. The van der Waals surface area contributed by atoms with Gasteiger partial charge in [-0.2, -0.15) is 0 Å². The molecular weight excluding hydrogens is 152 g/mol. The lowest BCUT2D eigenvalue weighted by Gasteiger charge is -2.34. The maximum absolute atomic E-state index is 11.0. The van der Waals surface area contributed by atoms with Crippen molar-refractivity contribution in [3.8, 4) is 0 Å². The summed E-state index contributed by atoms with van der Waals surface area (Å²) < 4.78 is 0. The Bertz CT molecular complexity index is 189. The minimum atomic E-state index is -0.218. The average Bonchev–Trinajstić information content (AvgIpc) is 2.27. The number of carbonyl (C=O) groups is 1. The number of hydrogen-bond acceptors (Lipinski definition) is 2. The number of nitrogens with two attached hydrogens (primary N) is 1. The predicted octanol–water partition coefficient (Wildman–Crippen LogP) is 0.735. The zero-order valence-electron chi connectivity index (χ0n) is 8.13. The number of rotatable bonds is 2. The van der Waals surface area contributed by atoms with E-state index in [4.69, 9.17) is 5.73 Å². The van der Waals surface area contributed by atoms with Gasteiger partial charge in [-0.1, -0.05) is 0 Å². The van der Waals surface area contributed by atoms with E-state index in [1.165, 1.54) is 6.42 Å². The van der Waals surface area contributed by atoms with Crippen molar-refractivity contribution in [3.05, 3.63) is 0 Å². The normalized spacial score (nSPS) is 25.6. The van der Waals surface area contributed by atoms with Crippen LogP contribution in [-0.2, 0) is 4.79 Å². The number of carbonyl (C=O) groups excluding carboxylic acids is 1. The molecule has 1 saturated heterocycles. The van der Waals surface area contributed by atoms with Crippen LogP contribution in [0.2, 0.25) is 0 Å². The molecule has 2 N–H and O–H groups in total. The van der Waals surface area contributed by atoms with Crippen molar-refractivity contribution < 1.29 is 4.79 Å². The Morgan fingerprint density at radius 1 is 1.58 bits per heavy atom. The zero-order valence-corrected chi connectivity index (χ0v) is 8.13. The van der Waals surface area contributed by atoms with Crippen LogP contribution in [0.1, 0.15) is 33.6 Å². The topological polar surface area (TPSA) is 46.3 Å². The van der Waals surface area contributed by atoms with Gasteiger partial charge in [0.2, 0.25) is 5.91 Å². The van der Waals surface area contributed by atoms with Gasteiger partial charge in [0.05, 0.1) is 6.04 Å². The van der Waals surface area contributed by atoms with E-state index >= 15 is 0 Å². The van der Waals surface area contributed by atoms with Gasteiger partial charge >= 0.3 is 0 Å². The summed E-state index contributed by atoms with van der Waals surface area (Å²) in [7, 11) is 0. The van der Waals surface area contributed by atoms with Gasteiger partial charge in [0.15, 0.2) is 0 Å². The highest BCUT2D eigenvalue weighted by molar-refractivity contribution is 5.79. The minimum absolute atomic E-state index is 0.123. The summed E-state index contributed by atoms with van der Waals surface area (Å²) in [5.74, 6) is -0.218. The number of likely N-dealkylation sites (tertiary alicyclic amines) is 1. The van der Waals surface area contributed by atoms with Gasteiger partial charge in [0.1, 0.15) is 0 Å². The second-order valence-corrected chi connectivity index (χ2v) is 4.19. The first-order chi connectivity index (χ1) is 5.45. The molecular formula is C9H18N2O. The summed E-state index contributed by atoms with van der Waals surface area (Å²) in [6, 6.07) is -0.123. The highest BCUT2D eigenvalue weighted by Crippen LogP contribution is 2.29. The van der Waals surface area contributed by atoms with Crippen molar-refractivity contribution in [2.45, 2.75) is 45.2 Å². The fourth-order valence-corrected chi connectivity index (χ4v) is 2.00. The van der Waals surface area contributed by atoms with Gasteiger partial charge in [0, 0.05) is 5.54 Å². The molecule has 0 aromatic heterocycles. The third kappa shape index (κ3) is 1.61. The summed E-state index contributed by atoms with van der Waals surface area (Å²) in [4.78, 5) is 13.1. The van der Waals surface area contributed by atoms with Crippen LogP contribution < -0.4 is 5.73 Å². The molecule has 1 amide bonds. The van der Waals surface area contributed by atoms with E-state index in [-0.39, 0.29) is 17.5 Å². The molecule has 1 unspecified atom stereocenters. The Balaban J connectivity index is 2.68. The summed E-state index contributed by atoms with van der Waals surface area (Å²) in [5.41, 5.74) is 5.40. The van der Waals surface area contributed by atoms with E-state index in [1.807, 2.05) is 6.92 Å². The third-order valence-corrected chi connectivity index (χ3v) is 2.84. The van der Waals surface area contributed by atoms with Gasteiger partial charge in [-0.15, -0.1) is 0 Å². The number of nitrogens with zero attached hydrogens (tertiary/aromatic N) is 1. The van der Waals surface area contributed by atoms with E-state index in [0.29, 0.717) is 0 Å². The molecule has 0 saturated carbocycles. The van der Waals surface area contributed by atoms with Crippen LogP contribution in [0.4, 0.5) is 0 Å². The van der Waals surface area contributed by atoms with Crippen LogP contribution in [-0.4, -0.2) is 28.9 Å². The molecule has 1 atom stereocenters. The second kappa shape index (κ2) is 3.05. The minimum Gasteiger partial charge on any atom is -0.368 e. The molecule has 0 spiro atoms. The van der Waals surface area contributed by atoms with Crippen molar-refractivity contribution in [2.24, 2.45) is 5.73 Å². The van der Waals surface area contributed by atoms with E-state index in [1.54, 1.807) is 0 Å². The highest BCUT2D eigenvalue weighted by Gasteiger charge is 2.36. The van der Waals surface area contributed by atoms with Crippen LogP contribution in [0.5, 0.6) is 0 Å². The Hall–Kier alpha value is -0.570. The van der Waals surface area contributed by atoms with Gasteiger partial charge < -0.3 is 5.73 Å². The SMILES string of the molecule is CC(C(N)=O)N1CCCC1(C)C. The molecule has 0 radical (unpaired) electrons. The molecule has 12 heavy (non-hydrogen) atoms. The highest BCUT2D eigenvalue weighted by atomic mass is 16.1. The molecule has 3 nitrogen and oxygen atoms in total. The van der Waals surface area contributed by atoms with Gasteiger partial charge in [0.25, 0.3) is 0 Å². The Labute approximate surface area is 73.9 Å². The quantitative estimate of drug-likeness (QED) is 0.664. The van der Waals surface area contributed by atoms with Crippen molar-refractivity contribution >= 4 is 5.91 Å². The lowest BCUT2D eigenvalue weighted by atomic mass is 10.0. The van der Waals surface area contributed by atoms with E-state index in [9.17, 15) is 4.79 Å². The standard InChI is InChI=1S/C9H18N2O/c1-7(8(10)12)11-6-4-5-9(11,2)3/h7H,4-6H2,1-3H3,(H2,10,12). The monoisotopic (exact) mass is 170 g/mol. The smallest absolute Gasteiger partial charge is 0.234 e. The first-order valence-corrected chi connectivity index (χ1v) is 4.51. The Morgan fingerprint density at radius 3 is 2.50 bits per heavy atom. The van der Waals surface area contributed by atoms with Crippen LogP contribution in [0.15, 0.2) is 0 Å². The van der Waals surface area contributed by atoms with Crippen molar-refractivity contribution in [1.29, 1.82) is 0 Å². The largest absolute Gasteiger partial charge is 0.368 e. The third-order valence-electron chi connectivity index (χ3n) is 2.84. The first-order valence-electron chi connectivity index (χ1n) is 4.51. The molecule has 0 aliphatic carbocycles. The molecule has 1 aliphatic heterocycles. The van der Waals surface area contributed by atoms with E-state index < -0.39 is 0 Å². The molecule has 0 aromatic rings. The maximum atomic E-state index is 11.0. The van der Waals surface area contributed by atoms with Crippen molar-refractivity contribution in [1.82, 2.24) is 4.90 Å². The van der Waals surface area contributed by atoms with Gasteiger partial charge in [-0.05, 0) is 40.2 Å². The van der Waals surface area contributed by atoms with Gasteiger partial charge in [-0.3, -0.25) is 9.69 Å². The van der Waals surface area contributed by atoms with Crippen LogP contribution in [0, 0.1) is 0 Å². The summed E-state index contributed by atoms with van der Waals surface area (Å²) in [6.07, 6.45) is 2.33.